The van der Waals surface area contributed by atoms with Crippen molar-refractivity contribution in [1.29, 1.82) is 0 Å². The van der Waals surface area contributed by atoms with Crippen molar-refractivity contribution in [3.63, 3.8) is 0 Å². The van der Waals surface area contributed by atoms with Crippen LogP contribution in [-0.2, 0) is 28.8 Å². The van der Waals surface area contributed by atoms with E-state index in [-0.39, 0.29) is 22.9 Å². The van der Waals surface area contributed by atoms with Crippen LogP contribution >= 0.6 is 0 Å². The Morgan fingerprint density at radius 1 is 0.827 bits per heavy atom. The smallest absolute Gasteiger partial charge is 0.326 e. The summed E-state index contributed by atoms with van der Waals surface area (Å²) in [5.74, 6) is -6.53. The van der Waals surface area contributed by atoms with Crippen LogP contribution in [0, 0.1) is 11.8 Å². The summed E-state index contributed by atoms with van der Waals surface area (Å²) in [5.41, 5.74) is 16.4. The summed E-state index contributed by atoms with van der Waals surface area (Å²) >= 11 is 0. The number of amides is 4. The fourth-order valence-corrected chi connectivity index (χ4v) is 5.21. The predicted molar refractivity (Wildman–Crippen MR) is 194 cm³/mol. The maximum absolute atomic E-state index is 13.8. The Bertz CT molecular complexity index is 1280. The molecule has 13 N–H and O–H groups in total. The quantitative estimate of drug-likeness (QED) is 0.0215. The zero-order valence-corrected chi connectivity index (χ0v) is 31.9. The van der Waals surface area contributed by atoms with Gasteiger partial charge in [0.25, 0.3) is 5.91 Å². The summed E-state index contributed by atoms with van der Waals surface area (Å²) in [6.07, 6.45) is -1.76. The third kappa shape index (κ3) is 17.0. The van der Waals surface area contributed by atoms with E-state index in [0.29, 0.717) is 19.4 Å². The van der Waals surface area contributed by atoms with Crippen LogP contribution in [0.4, 0.5) is 0 Å². The number of nitrogens with two attached hydrogens (primary N) is 3. The summed E-state index contributed by atoms with van der Waals surface area (Å²) in [6.45, 7) is 6.90. The van der Waals surface area contributed by atoms with Crippen LogP contribution in [0.15, 0.2) is 9.98 Å². The Kier molecular flexibility index (Phi) is 20.2. The maximum atomic E-state index is 13.8. The Morgan fingerprint density at radius 3 is 1.79 bits per heavy atom. The fraction of sp³-hybridized carbons (Fsp3) is 0.750. The van der Waals surface area contributed by atoms with Gasteiger partial charge in [0.05, 0.1) is 27.2 Å². The molecule has 0 saturated carbocycles. The Morgan fingerprint density at radius 2 is 1.35 bits per heavy atom. The molecule has 0 aromatic heterocycles. The number of nitrogens with one attached hydrogen (secondary N) is 4. The van der Waals surface area contributed by atoms with Gasteiger partial charge in [-0.25, -0.2) is 4.79 Å². The lowest BCUT2D eigenvalue weighted by atomic mass is 9.98. The minimum absolute atomic E-state index is 0.00390. The van der Waals surface area contributed by atoms with E-state index in [4.69, 9.17) is 22.3 Å². The van der Waals surface area contributed by atoms with E-state index in [1.807, 2.05) is 21.1 Å². The van der Waals surface area contributed by atoms with Crippen molar-refractivity contribution in [2.45, 2.75) is 96.1 Å². The summed E-state index contributed by atoms with van der Waals surface area (Å²) in [4.78, 5) is 86.3. The molecule has 0 aliphatic rings. The van der Waals surface area contributed by atoms with Crippen LogP contribution in [0.2, 0.25) is 0 Å². The molecular weight excluding hydrogens is 682 g/mol. The van der Waals surface area contributed by atoms with Crippen LogP contribution in [0.5, 0.6) is 0 Å². The summed E-state index contributed by atoms with van der Waals surface area (Å²) in [5, 5.41) is 40.2. The highest BCUT2D eigenvalue weighted by molar-refractivity contribution is 5.95. The molecular formula is C32H62N11O9+. The number of carbonyl (C=O) groups excluding carboxylic acids is 4. The molecule has 0 radical (unpaired) electrons. The number of hydrogen-bond acceptors (Lipinski definition) is 9. The number of likely N-dealkylation sites (N-methyl/N-ethyl adjacent to an activating group) is 2. The van der Waals surface area contributed by atoms with Gasteiger partial charge in [-0.15, -0.1) is 0 Å². The third-order valence-corrected chi connectivity index (χ3v) is 8.28. The van der Waals surface area contributed by atoms with Crippen LogP contribution in [0.25, 0.3) is 0 Å². The molecule has 0 rings (SSSR count). The minimum Gasteiger partial charge on any atom is -0.481 e. The van der Waals surface area contributed by atoms with Crippen LogP contribution in [-0.4, -0.2) is 157 Å². The van der Waals surface area contributed by atoms with Gasteiger partial charge < -0.3 is 63.2 Å². The lowest BCUT2D eigenvalue weighted by Crippen LogP contribution is -2.62. The number of aliphatic imine (C=N–C) groups is 2. The number of hydrogen-bond donors (Lipinski definition) is 10. The molecule has 0 spiro atoms. The highest BCUT2D eigenvalue weighted by Crippen LogP contribution is 2.15. The number of rotatable bonds is 23. The van der Waals surface area contributed by atoms with Gasteiger partial charge in [-0.3, -0.25) is 34.0 Å². The van der Waals surface area contributed by atoms with Crippen molar-refractivity contribution in [1.82, 2.24) is 26.2 Å². The van der Waals surface area contributed by atoms with Crippen LogP contribution in [0.1, 0.15) is 59.8 Å². The zero-order chi connectivity index (χ0) is 40.5. The second kappa shape index (κ2) is 22.3. The van der Waals surface area contributed by atoms with Gasteiger partial charge in [0.15, 0.2) is 18.0 Å². The average Bonchev–Trinajstić information content (AvgIpc) is 3.02. The normalized spacial score (nSPS) is 15.3. The molecule has 0 fully saturated rings. The lowest BCUT2D eigenvalue weighted by Gasteiger charge is -2.35. The van der Waals surface area contributed by atoms with E-state index in [9.17, 15) is 39.0 Å². The van der Waals surface area contributed by atoms with Crippen LogP contribution in [0.3, 0.4) is 0 Å². The summed E-state index contributed by atoms with van der Waals surface area (Å²) in [7, 11) is 8.08. The molecule has 6 atom stereocenters. The Labute approximate surface area is 305 Å². The highest BCUT2D eigenvalue weighted by atomic mass is 16.4. The molecule has 298 valence electrons. The fourth-order valence-electron chi connectivity index (χ4n) is 5.21. The molecule has 0 unspecified atom stereocenters. The van der Waals surface area contributed by atoms with Crippen LogP contribution < -0.4 is 38.5 Å². The first kappa shape index (κ1) is 47.3. The number of quaternary nitrogens is 1. The number of guanidine groups is 2. The van der Waals surface area contributed by atoms with E-state index < -0.39 is 103 Å². The number of aliphatic hydroxyl groups is 1. The molecule has 20 heteroatoms. The number of nitrogens with zero attached hydrogens (tertiary/aromatic N) is 4. The molecule has 0 saturated heterocycles. The van der Waals surface area contributed by atoms with Crippen molar-refractivity contribution < 1.29 is 48.6 Å². The number of carbonyl (C=O) groups is 6. The second-order valence-corrected chi connectivity index (χ2v) is 14.2. The molecule has 20 nitrogen and oxygen atoms in total. The average molecular weight is 745 g/mol. The van der Waals surface area contributed by atoms with Gasteiger partial charge in [0.2, 0.25) is 17.7 Å². The largest absolute Gasteiger partial charge is 0.481 e. The summed E-state index contributed by atoms with van der Waals surface area (Å²) in [6, 6.07) is -5.93. The van der Waals surface area contributed by atoms with Gasteiger partial charge in [-0.1, -0.05) is 27.7 Å². The number of aliphatic hydroxyl groups excluding tert-OH is 1. The number of aliphatic carboxylic acids is 2. The van der Waals surface area contributed by atoms with Gasteiger partial charge in [-0.05, 0) is 24.7 Å². The van der Waals surface area contributed by atoms with E-state index in [1.54, 1.807) is 27.7 Å². The first-order valence-corrected chi connectivity index (χ1v) is 17.1. The second-order valence-electron chi connectivity index (χ2n) is 14.2. The van der Waals surface area contributed by atoms with Crippen molar-refractivity contribution in [2.24, 2.45) is 39.0 Å². The Hall–Kier alpha value is -4.72. The van der Waals surface area contributed by atoms with Gasteiger partial charge in [0.1, 0.15) is 24.2 Å². The van der Waals surface area contributed by atoms with Gasteiger partial charge >= 0.3 is 11.9 Å². The first-order chi connectivity index (χ1) is 23.9. The first-order valence-electron chi connectivity index (χ1n) is 17.1. The van der Waals surface area contributed by atoms with E-state index in [0.717, 1.165) is 11.9 Å². The van der Waals surface area contributed by atoms with Gasteiger partial charge in [-0.2, -0.15) is 0 Å². The minimum atomic E-state index is -1.56. The van der Waals surface area contributed by atoms with Gasteiger partial charge in [0, 0.05) is 46.4 Å². The van der Waals surface area contributed by atoms with E-state index in [1.165, 1.54) is 7.05 Å². The van der Waals surface area contributed by atoms with Crippen molar-refractivity contribution in [3.05, 3.63) is 0 Å². The molecule has 0 heterocycles. The molecule has 0 aromatic rings. The summed E-state index contributed by atoms with van der Waals surface area (Å²) < 4.78 is 0.249. The predicted octanol–water partition coefficient (Wildman–Crippen LogP) is -3.06. The van der Waals surface area contributed by atoms with E-state index in [2.05, 4.69) is 31.3 Å². The third-order valence-electron chi connectivity index (χ3n) is 8.28. The van der Waals surface area contributed by atoms with Crippen molar-refractivity contribution in [3.8, 4) is 0 Å². The molecule has 0 aliphatic carbocycles. The number of carboxylic acid groups (broad SMARTS) is 2. The SMILES string of the molecule is CN=C(N)NC[C@H](O)C[C@@H](NC(=O)[C@@H](NC(=O)[C@@H](NC(=O)[C@@H](CCCN=C(N)N)[N+](C)(C)C)C(C)C)C(C)C)C(=O)N(C)[C@H](CCC(=O)O)C(=O)O. The van der Waals surface area contributed by atoms with Crippen molar-refractivity contribution >= 4 is 47.5 Å². The molecule has 0 aromatic carbocycles. The molecule has 0 bridgehead atoms. The van der Waals surface area contributed by atoms with E-state index >= 15 is 0 Å². The molecule has 52 heavy (non-hydrogen) atoms. The molecule has 0 aliphatic heterocycles. The Balaban J connectivity index is 6.30. The standard InChI is InChI=1S/C32H61N11O9/c1-17(2)24(41-28(49)25(18(3)4)40-26(47)22(43(7,8)9)11-10-14-37-31(33)34)27(48)39-20(15-19(44)16-38-32(35)36-5)29(50)42(6)21(30(51)52)12-13-23(45)46/h17-22,24-25,44H,10-16H2,1-9H3,(H11-,33,34,35,36,37,38,39,40,41,45,46,47,48,49,51,52)/p+1/t19-,20-,21-,22-,24+,25+/m1/s1. The van der Waals surface area contributed by atoms with Crippen molar-refractivity contribution in [2.75, 3.05) is 48.3 Å². The maximum Gasteiger partial charge on any atom is 0.326 e. The topological polar surface area (TPSA) is 317 Å². The molecule has 4 amide bonds. The number of carboxylic acids is 2. The lowest BCUT2D eigenvalue weighted by molar-refractivity contribution is -0.886. The zero-order valence-electron chi connectivity index (χ0n) is 31.9. The highest BCUT2D eigenvalue weighted by Gasteiger charge is 2.38. The monoisotopic (exact) mass is 744 g/mol.